The molecule has 1 aromatic heterocycles. The molecule has 0 bridgehead atoms. The number of furan rings is 1. The molecule has 2 aromatic carbocycles. The monoisotopic (exact) mass is 445 g/mol. The molecule has 1 amide bonds. The van der Waals surface area contributed by atoms with E-state index in [4.69, 9.17) is 9.15 Å². The van der Waals surface area contributed by atoms with Gasteiger partial charge in [0, 0.05) is 11.3 Å². The van der Waals surface area contributed by atoms with Crippen LogP contribution in [0.4, 0.5) is 5.69 Å². The minimum absolute atomic E-state index is 0.0743. The van der Waals surface area contributed by atoms with Crippen molar-refractivity contribution in [2.45, 2.75) is 13.1 Å². The van der Waals surface area contributed by atoms with E-state index in [1.54, 1.807) is 48.2 Å². The molecule has 8 heteroatoms. The average molecular weight is 446 g/mol. The Kier molecular flexibility index (Phi) is 6.01. The van der Waals surface area contributed by atoms with Crippen molar-refractivity contribution in [1.82, 2.24) is 5.32 Å². The van der Waals surface area contributed by atoms with Crippen molar-refractivity contribution in [3.05, 3.63) is 88.7 Å². The molecule has 7 nitrogen and oxygen atoms in total. The number of thiol groups is 1. The van der Waals surface area contributed by atoms with Gasteiger partial charge in [0.15, 0.2) is 6.17 Å². The molecule has 160 valence electrons. The maximum atomic E-state index is 12.5. The van der Waals surface area contributed by atoms with E-state index in [9.17, 15) is 14.9 Å². The zero-order chi connectivity index (χ0) is 22.7. The van der Waals surface area contributed by atoms with Gasteiger partial charge in [-0.3, -0.25) is 4.79 Å². The third kappa shape index (κ3) is 3.98. The highest BCUT2D eigenvalue weighted by atomic mass is 32.1. The summed E-state index contributed by atoms with van der Waals surface area (Å²) in [5.74, 6) is 0.124. The molecule has 2 heterocycles. The van der Waals surface area contributed by atoms with Gasteiger partial charge in [-0.05, 0) is 43.3 Å². The maximum Gasteiger partial charge on any atom is 0.338 e. The van der Waals surface area contributed by atoms with Crippen LogP contribution in [0.15, 0.2) is 81.7 Å². The van der Waals surface area contributed by atoms with Gasteiger partial charge in [-0.25, -0.2) is 4.79 Å². The fourth-order valence-electron chi connectivity index (χ4n) is 3.40. The first-order chi connectivity index (χ1) is 15.5. The fourth-order valence-corrected chi connectivity index (χ4v) is 3.79. The van der Waals surface area contributed by atoms with Crippen LogP contribution >= 0.6 is 12.6 Å². The van der Waals surface area contributed by atoms with Crippen LogP contribution in [0.25, 0.3) is 11.3 Å². The summed E-state index contributed by atoms with van der Waals surface area (Å²) in [5, 5.41) is 12.5. The second kappa shape index (κ2) is 9.04. The van der Waals surface area contributed by atoms with Crippen molar-refractivity contribution in [2.24, 2.45) is 0 Å². The number of hydrogen-bond donors (Lipinski definition) is 2. The molecule has 0 spiro atoms. The summed E-state index contributed by atoms with van der Waals surface area (Å²) in [6.45, 7) is 2.06. The Hall–Kier alpha value is -3.96. The van der Waals surface area contributed by atoms with Crippen LogP contribution in [0.1, 0.15) is 29.2 Å². The van der Waals surface area contributed by atoms with Crippen molar-refractivity contribution in [2.75, 3.05) is 11.5 Å². The van der Waals surface area contributed by atoms with Crippen LogP contribution in [-0.2, 0) is 9.53 Å². The van der Waals surface area contributed by atoms with Crippen LogP contribution in [0.5, 0.6) is 0 Å². The molecule has 4 rings (SSSR count). The van der Waals surface area contributed by atoms with Crippen molar-refractivity contribution >= 4 is 30.2 Å². The Bertz CT molecular complexity index is 1230. The minimum atomic E-state index is -0.693. The lowest BCUT2D eigenvalue weighted by atomic mass is 10.1. The van der Waals surface area contributed by atoms with Crippen molar-refractivity contribution < 1.29 is 18.7 Å². The number of hydrogen-bond acceptors (Lipinski definition) is 7. The predicted molar refractivity (Wildman–Crippen MR) is 122 cm³/mol. The van der Waals surface area contributed by atoms with E-state index in [-0.39, 0.29) is 16.6 Å². The molecule has 0 fully saturated rings. The second-order valence-corrected chi connectivity index (χ2v) is 7.32. The largest absolute Gasteiger partial charge is 0.462 e. The number of carbonyl (C=O) groups excluding carboxylic acids is 2. The average Bonchev–Trinajstić information content (AvgIpc) is 3.30. The molecular formula is C24H19N3O4S. The molecule has 1 N–H and O–H groups in total. The Morgan fingerprint density at radius 1 is 1.16 bits per heavy atom. The van der Waals surface area contributed by atoms with E-state index >= 15 is 0 Å². The molecule has 0 unspecified atom stereocenters. The summed E-state index contributed by atoms with van der Waals surface area (Å²) in [5.41, 5.74) is 1.88. The van der Waals surface area contributed by atoms with E-state index in [0.29, 0.717) is 23.7 Å². The number of carbonyl (C=O) groups is 2. The molecule has 0 saturated carbocycles. The number of anilines is 1. The van der Waals surface area contributed by atoms with E-state index in [1.165, 1.54) is 0 Å². The smallest absolute Gasteiger partial charge is 0.338 e. The van der Waals surface area contributed by atoms with E-state index < -0.39 is 12.1 Å². The van der Waals surface area contributed by atoms with Crippen LogP contribution < -0.4 is 10.2 Å². The van der Waals surface area contributed by atoms with Crippen molar-refractivity contribution in [3.63, 3.8) is 0 Å². The normalized spacial score (nSPS) is 15.8. The number of nitrogens with zero attached hydrogens (tertiary/aromatic N) is 2. The Labute approximate surface area is 190 Å². The van der Waals surface area contributed by atoms with E-state index in [1.807, 2.05) is 36.4 Å². The minimum Gasteiger partial charge on any atom is -0.462 e. The SMILES string of the molecule is CCOC(=O)c1ccc(-c2ccc([C@@H]3NC(=O)C(C#N)=C(S)N3c3ccccc3)o2)cc1. The summed E-state index contributed by atoms with van der Waals surface area (Å²) in [7, 11) is 0. The summed E-state index contributed by atoms with van der Waals surface area (Å²) in [6.07, 6.45) is -0.693. The maximum absolute atomic E-state index is 12.5. The third-order valence-corrected chi connectivity index (χ3v) is 5.37. The number of nitrogens with one attached hydrogen (secondary N) is 1. The zero-order valence-corrected chi connectivity index (χ0v) is 18.0. The van der Waals surface area contributed by atoms with Gasteiger partial charge in [-0.2, -0.15) is 5.26 Å². The lowest BCUT2D eigenvalue weighted by Gasteiger charge is -2.36. The highest BCUT2D eigenvalue weighted by Gasteiger charge is 2.35. The molecule has 0 radical (unpaired) electrons. The highest BCUT2D eigenvalue weighted by molar-refractivity contribution is 7.84. The Morgan fingerprint density at radius 2 is 1.88 bits per heavy atom. The predicted octanol–water partition coefficient (Wildman–Crippen LogP) is 4.42. The van der Waals surface area contributed by atoms with Gasteiger partial charge in [0.1, 0.15) is 23.2 Å². The molecule has 1 atom stereocenters. The standard InChI is InChI=1S/C24H19N3O4S/c1-2-30-24(29)16-10-8-15(9-11-16)19-12-13-20(31-19)21-26-22(28)18(14-25)23(32)27(21)17-6-4-3-5-7-17/h3-13,21,32H,2H2,1H3,(H,26,28)/t21-/m1/s1. The van der Waals surface area contributed by atoms with Gasteiger partial charge in [0.25, 0.3) is 5.91 Å². The molecule has 32 heavy (non-hydrogen) atoms. The van der Waals surface area contributed by atoms with Crippen LogP contribution in [0.2, 0.25) is 0 Å². The summed E-state index contributed by atoms with van der Waals surface area (Å²) >= 11 is 4.47. The summed E-state index contributed by atoms with van der Waals surface area (Å²) in [6, 6.07) is 21.6. The van der Waals surface area contributed by atoms with Gasteiger partial charge in [-0.1, -0.05) is 30.3 Å². The summed E-state index contributed by atoms with van der Waals surface area (Å²) < 4.78 is 11.1. The fraction of sp³-hybridized carbons (Fsp3) is 0.125. The zero-order valence-electron chi connectivity index (χ0n) is 17.1. The number of benzene rings is 2. The number of esters is 1. The Balaban J connectivity index is 1.68. The quantitative estimate of drug-likeness (QED) is 0.446. The number of nitriles is 1. The van der Waals surface area contributed by atoms with E-state index in [0.717, 1.165) is 11.3 Å². The lowest BCUT2D eigenvalue weighted by molar-refractivity contribution is -0.118. The van der Waals surface area contributed by atoms with Gasteiger partial charge in [0.05, 0.1) is 17.2 Å². The van der Waals surface area contributed by atoms with Crippen molar-refractivity contribution in [1.29, 1.82) is 5.26 Å². The van der Waals surface area contributed by atoms with Crippen molar-refractivity contribution in [3.8, 4) is 17.4 Å². The summed E-state index contributed by atoms with van der Waals surface area (Å²) in [4.78, 5) is 26.1. The topological polar surface area (TPSA) is 95.6 Å². The first-order valence-corrected chi connectivity index (χ1v) is 10.3. The molecule has 0 aliphatic carbocycles. The number of para-hydroxylation sites is 1. The van der Waals surface area contributed by atoms with E-state index in [2.05, 4.69) is 17.9 Å². The third-order valence-electron chi connectivity index (χ3n) is 4.93. The van der Waals surface area contributed by atoms with Gasteiger partial charge in [-0.15, -0.1) is 12.6 Å². The number of ether oxygens (including phenoxy) is 1. The molecule has 1 aliphatic heterocycles. The van der Waals surface area contributed by atoms with Gasteiger partial charge < -0.3 is 19.4 Å². The van der Waals surface area contributed by atoms with Gasteiger partial charge >= 0.3 is 5.97 Å². The van der Waals surface area contributed by atoms with Gasteiger partial charge in [0.2, 0.25) is 0 Å². The second-order valence-electron chi connectivity index (χ2n) is 6.89. The number of rotatable bonds is 5. The van der Waals surface area contributed by atoms with Crippen LogP contribution in [-0.4, -0.2) is 18.5 Å². The first-order valence-electron chi connectivity index (χ1n) is 9.89. The molecule has 0 saturated heterocycles. The van der Waals surface area contributed by atoms with Crippen LogP contribution in [0.3, 0.4) is 0 Å². The Morgan fingerprint density at radius 3 is 2.53 bits per heavy atom. The molecule has 1 aliphatic rings. The van der Waals surface area contributed by atoms with Crippen LogP contribution in [0, 0.1) is 11.3 Å². The molecule has 3 aromatic rings. The number of amides is 1. The lowest BCUT2D eigenvalue weighted by Crippen LogP contribution is -2.45. The molecular weight excluding hydrogens is 426 g/mol. The first kappa shape index (κ1) is 21.3. The highest BCUT2D eigenvalue weighted by Crippen LogP contribution is 2.37.